The van der Waals surface area contributed by atoms with Gasteiger partial charge in [0, 0.05) is 33.5 Å². The van der Waals surface area contributed by atoms with Crippen LogP contribution in [0.1, 0.15) is 0 Å². The van der Waals surface area contributed by atoms with E-state index in [0.29, 0.717) is 32.9 Å². The van der Waals surface area contributed by atoms with Crippen LogP contribution in [0.25, 0.3) is 32.7 Å². The fourth-order valence-corrected chi connectivity index (χ4v) is 3.70. The number of hydrogen-bond donors (Lipinski definition) is 6. The molecule has 32 heavy (non-hydrogen) atoms. The molecule has 5 aromatic rings. The Morgan fingerprint density at radius 2 is 1.00 bits per heavy atom. The number of phenolic OH excluding ortho intramolecular Hbond substituents is 2. The highest BCUT2D eigenvalue weighted by Gasteiger charge is 2.16. The van der Waals surface area contributed by atoms with Crippen molar-refractivity contribution in [2.75, 3.05) is 22.9 Å². The van der Waals surface area contributed by atoms with E-state index in [1.165, 1.54) is 0 Å². The summed E-state index contributed by atoms with van der Waals surface area (Å²) in [6, 6.07) is 25.8. The third kappa shape index (κ3) is 3.77. The Morgan fingerprint density at radius 1 is 0.469 bits per heavy atom. The monoisotopic (exact) mass is 424 g/mol. The van der Waals surface area contributed by atoms with Crippen LogP contribution in [-0.2, 0) is 0 Å². The molecule has 0 radical (unpaired) electrons. The molecule has 160 valence electrons. The minimum atomic E-state index is 0.0446. The Balaban J connectivity index is 0.000000158. The second-order valence-electron chi connectivity index (χ2n) is 7.48. The molecule has 0 heterocycles. The van der Waals surface area contributed by atoms with Gasteiger partial charge in [-0.15, -0.1) is 0 Å². The third-order valence-corrected chi connectivity index (χ3v) is 5.31. The number of nitrogens with two attached hydrogens (primary N) is 4. The molecule has 0 unspecified atom stereocenters. The number of rotatable bonds is 1. The molecule has 0 atom stereocenters. The van der Waals surface area contributed by atoms with E-state index in [4.69, 9.17) is 22.9 Å². The van der Waals surface area contributed by atoms with Gasteiger partial charge in [0.15, 0.2) is 0 Å². The molecule has 0 amide bonds. The first kappa shape index (κ1) is 20.7. The van der Waals surface area contributed by atoms with Crippen molar-refractivity contribution in [2.45, 2.75) is 0 Å². The summed E-state index contributed by atoms with van der Waals surface area (Å²) in [5, 5.41) is 22.5. The van der Waals surface area contributed by atoms with Crippen LogP contribution in [0.5, 0.6) is 11.5 Å². The van der Waals surface area contributed by atoms with Crippen molar-refractivity contribution in [3.63, 3.8) is 0 Å². The van der Waals surface area contributed by atoms with Gasteiger partial charge < -0.3 is 33.1 Å². The van der Waals surface area contributed by atoms with Crippen LogP contribution in [0.3, 0.4) is 0 Å². The van der Waals surface area contributed by atoms with Gasteiger partial charge in [0.2, 0.25) is 0 Å². The van der Waals surface area contributed by atoms with Crippen molar-refractivity contribution in [1.82, 2.24) is 0 Å². The van der Waals surface area contributed by atoms with Crippen LogP contribution in [0.2, 0.25) is 0 Å². The highest BCUT2D eigenvalue weighted by molar-refractivity contribution is 6.17. The molecule has 0 saturated heterocycles. The van der Waals surface area contributed by atoms with E-state index in [2.05, 4.69) is 0 Å². The summed E-state index contributed by atoms with van der Waals surface area (Å²) < 4.78 is 0. The average molecular weight is 425 g/mol. The van der Waals surface area contributed by atoms with Gasteiger partial charge in [0.05, 0.1) is 10.8 Å². The zero-order valence-electron chi connectivity index (χ0n) is 17.3. The van der Waals surface area contributed by atoms with E-state index in [1.54, 1.807) is 36.4 Å². The zero-order valence-corrected chi connectivity index (χ0v) is 17.3. The Bertz CT molecular complexity index is 1360. The summed E-state index contributed by atoms with van der Waals surface area (Å²) in [5.41, 5.74) is 27.6. The third-order valence-electron chi connectivity index (χ3n) is 5.31. The Kier molecular flexibility index (Phi) is 5.35. The van der Waals surface area contributed by atoms with E-state index >= 15 is 0 Å². The number of aromatic hydroxyl groups is 2. The first-order chi connectivity index (χ1) is 15.4. The highest BCUT2D eigenvalue weighted by Crippen LogP contribution is 2.45. The zero-order chi connectivity index (χ0) is 22.8. The molecular weight excluding hydrogens is 400 g/mol. The van der Waals surface area contributed by atoms with E-state index in [-0.39, 0.29) is 11.5 Å². The van der Waals surface area contributed by atoms with Crippen LogP contribution in [-0.4, -0.2) is 10.2 Å². The molecule has 0 bridgehead atoms. The first-order valence-corrected chi connectivity index (χ1v) is 9.98. The maximum absolute atomic E-state index is 10.3. The van der Waals surface area contributed by atoms with Crippen LogP contribution in [0.4, 0.5) is 22.7 Å². The van der Waals surface area contributed by atoms with Crippen LogP contribution in [0.15, 0.2) is 84.9 Å². The number of anilines is 4. The fraction of sp³-hybridized carbons (Fsp3) is 0. The van der Waals surface area contributed by atoms with Crippen molar-refractivity contribution in [1.29, 1.82) is 0 Å². The molecule has 0 aliphatic heterocycles. The normalized spacial score (nSPS) is 10.6. The number of nitrogen functional groups attached to an aromatic ring is 4. The lowest BCUT2D eigenvalue weighted by molar-refractivity contribution is 0.479. The molecular formula is C26H24N4O2. The number of fused-ring (bicyclic) bond motifs is 2. The van der Waals surface area contributed by atoms with Gasteiger partial charge in [0.25, 0.3) is 0 Å². The summed E-state index contributed by atoms with van der Waals surface area (Å²) in [4.78, 5) is 0. The van der Waals surface area contributed by atoms with Gasteiger partial charge in [-0.05, 0) is 47.5 Å². The molecule has 0 spiro atoms. The van der Waals surface area contributed by atoms with Crippen molar-refractivity contribution in [3.8, 4) is 22.6 Å². The molecule has 5 aromatic carbocycles. The van der Waals surface area contributed by atoms with Gasteiger partial charge >= 0.3 is 0 Å². The lowest BCUT2D eigenvalue weighted by Gasteiger charge is -2.12. The maximum atomic E-state index is 10.3. The topological polar surface area (TPSA) is 145 Å². The van der Waals surface area contributed by atoms with E-state index < -0.39 is 0 Å². The van der Waals surface area contributed by atoms with Gasteiger partial charge in [-0.3, -0.25) is 0 Å². The predicted octanol–water partition coefficient (Wildman–Crippen LogP) is 5.09. The quantitative estimate of drug-likeness (QED) is 0.126. The van der Waals surface area contributed by atoms with Crippen LogP contribution < -0.4 is 22.9 Å². The molecule has 0 aromatic heterocycles. The van der Waals surface area contributed by atoms with E-state index in [0.717, 1.165) is 22.5 Å². The van der Waals surface area contributed by atoms with Crippen molar-refractivity contribution in [3.05, 3.63) is 84.9 Å². The SMILES string of the molecule is Nc1ccc(-c2cccc(N)c2)cc1.Nc1ccc(N)c2c(O)c3ccccc3c(O)c12. The predicted molar refractivity (Wildman–Crippen MR) is 134 cm³/mol. The lowest BCUT2D eigenvalue weighted by atomic mass is 9.98. The Hall–Kier alpha value is -4.58. The summed E-state index contributed by atoms with van der Waals surface area (Å²) in [6.07, 6.45) is 0. The number of hydrogen-bond acceptors (Lipinski definition) is 6. The molecule has 0 saturated carbocycles. The summed E-state index contributed by atoms with van der Waals surface area (Å²) in [6.45, 7) is 0. The first-order valence-electron chi connectivity index (χ1n) is 9.98. The molecule has 0 aliphatic rings. The van der Waals surface area contributed by atoms with Crippen molar-refractivity contribution < 1.29 is 10.2 Å². The summed E-state index contributed by atoms with van der Waals surface area (Å²) in [5.74, 6) is 0.0893. The van der Waals surface area contributed by atoms with Crippen LogP contribution in [0, 0.1) is 0 Å². The number of benzene rings is 5. The second-order valence-corrected chi connectivity index (χ2v) is 7.48. The van der Waals surface area contributed by atoms with Crippen molar-refractivity contribution in [2.24, 2.45) is 0 Å². The van der Waals surface area contributed by atoms with E-state index in [9.17, 15) is 10.2 Å². The minimum Gasteiger partial charge on any atom is -0.507 e. The summed E-state index contributed by atoms with van der Waals surface area (Å²) >= 11 is 0. The Morgan fingerprint density at radius 3 is 1.50 bits per heavy atom. The van der Waals surface area contributed by atoms with E-state index in [1.807, 2.05) is 48.5 Å². The largest absolute Gasteiger partial charge is 0.507 e. The van der Waals surface area contributed by atoms with Gasteiger partial charge in [-0.1, -0.05) is 48.5 Å². The van der Waals surface area contributed by atoms with Crippen molar-refractivity contribution >= 4 is 44.3 Å². The average Bonchev–Trinajstić information content (AvgIpc) is 2.80. The molecule has 6 heteroatoms. The fourth-order valence-electron chi connectivity index (χ4n) is 3.70. The minimum absolute atomic E-state index is 0.0446. The molecule has 0 aliphatic carbocycles. The van der Waals surface area contributed by atoms with Gasteiger partial charge in [0.1, 0.15) is 11.5 Å². The molecule has 6 nitrogen and oxygen atoms in total. The Labute approximate surface area is 185 Å². The van der Waals surface area contributed by atoms with Gasteiger partial charge in [-0.25, -0.2) is 0 Å². The number of phenols is 2. The van der Waals surface area contributed by atoms with Gasteiger partial charge in [-0.2, -0.15) is 0 Å². The standard InChI is InChI=1S/C14H12N2O2.C12H12N2/c15-9-5-6-10(16)12-11(9)13(17)7-3-1-2-4-8(7)14(12)18;13-11-6-4-9(5-7-11)10-2-1-3-12(14)8-10/h1-6,17-18H,15-16H2;1-8H,13-14H2. The highest BCUT2D eigenvalue weighted by atomic mass is 16.3. The lowest BCUT2D eigenvalue weighted by Crippen LogP contribution is -1.93. The molecule has 10 N–H and O–H groups in total. The maximum Gasteiger partial charge on any atom is 0.133 e. The molecule has 5 rings (SSSR count). The molecule has 0 fully saturated rings. The summed E-state index contributed by atoms with van der Waals surface area (Å²) in [7, 11) is 0. The smallest absolute Gasteiger partial charge is 0.133 e. The van der Waals surface area contributed by atoms with Crippen LogP contribution >= 0.6 is 0 Å². The second kappa shape index (κ2) is 8.28.